The van der Waals surface area contributed by atoms with Crippen LogP contribution in [0.1, 0.15) is 12.0 Å². The third kappa shape index (κ3) is 1.81. The second-order valence-corrected chi connectivity index (χ2v) is 2.38. The van der Waals surface area contributed by atoms with Gasteiger partial charge in [0.05, 0.1) is 22.6 Å². The van der Waals surface area contributed by atoms with Crippen LogP contribution in [0.2, 0.25) is 0 Å². The summed E-state index contributed by atoms with van der Waals surface area (Å²) in [6.45, 7) is 0. The second-order valence-electron chi connectivity index (χ2n) is 2.38. The van der Waals surface area contributed by atoms with Gasteiger partial charge in [-0.25, -0.2) is 17.6 Å². The predicted octanol–water partition coefficient (Wildman–Crippen LogP) is 2.81. The van der Waals surface area contributed by atoms with Gasteiger partial charge < -0.3 is 0 Å². The Bertz CT molecular complexity index is 357. The Morgan fingerprint density at radius 2 is 1.64 bits per heavy atom. The molecule has 0 amide bonds. The number of nitrogens with zero attached hydrogens (tertiary/aromatic N) is 1. The first-order valence-electron chi connectivity index (χ1n) is 3.35. The molecule has 0 aliphatic heterocycles. The molecule has 0 heterocycles. The van der Waals surface area contributed by atoms with Gasteiger partial charge in [-0.15, -0.1) is 0 Å². The van der Waals surface area contributed by atoms with E-state index in [1.165, 1.54) is 0 Å². The van der Waals surface area contributed by atoms with E-state index in [2.05, 4.69) is 0 Å². The lowest BCUT2D eigenvalue weighted by molar-refractivity contribution is -0.385. The largest absolute Gasteiger partial charge is 0.275 e. The van der Waals surface area contributed by atoms with Gasteiger partial charge in [0.15, 0.2) is 0 Å². The lowest BCUT2D eigenvalue weighted by Gasteiger charge is -2.02. The average molecular weight is 209 g/mol. The van der Waals surface area contributed by atoms with E-state index in [1.54, 1.807) is 0 Å². The molecule has 0 unspecified atom stereocenters. The van der Waals surface area contributed by atoms with Crippen LogP contribution < -0.4 is 0 Å². The monoisotopic (exact) mass is 209 g/mol. The molecule has 0 aliphatic carbocycles. The highest BCUT2D eigenvalue weighted by atomic mass is 19.3. The van der Waals surface area contributed by atoms with Crippen molar-refractivity contribution in [3.8, 4) is 0 Å². The van der Waals surface area contributed by atoms with Crippen molar-refractivity contribution in [3.63, 3.8) is 0 Å². The first kappa shape index (κ1) is 10.4. The Hall–Kier alpha value is -1.66. The summed E-state index contributed by atoms with van der Waals surface area (Å²) in [5.74, 6) is -3.24. The van der Waals surface area contributed by atoms with Crippen LogP contribution >= 0.6 is 0 Å². The van der Waals surface area contributed by atoms with E-state index in [4.69, 9.17) is 0 Å². The molecule has 0 radical (unpaired) electrons. The summed E-state index contributed by atoms with van der Waals surface area (Å²) < 4.78 is 49.3. The number of nitro benzene ring substituents is 1. The number of nitro groups is 1. The highest BCUT2D eigenvalue weighted by molar-refractivity contribution is 5.36. The molecule has 0 N–H and O–H groups in total. The quantitative estimate of drug-likeness (QED) is 0.427. The van der Waals surface area contributed by atoms with Crippen LogP contribution in [0, 0.1) is 21.7 Å². The first-order valence-corrected chi connectivity index (χ1v) is 3.35. The van der Waals surface area contributed by atoms with Crippen LogP contribution in [0.5, 0.6) is 0 Å². The van der Waals surface area contributed by atoms with Crippen molar-refractivity contribution in [2.45, 2.75) is 6.43 Å². The summed E-state index contributed by atoms with van der Waals surface area (Å²) in [5, 5.41) is 10.1. The number of hydrogen-bond acceptors (Lipinski definition) is 2. The summed E-state index contributed by atoms with van der Waals surface area (Å²) in [6.07, 6.45) is -3.34. The Labute approximate surface area is 75.1 Å². The van der Waals surface area contributed by atoms with E-state index in [9.17, 15) is 27.7 Å². The van der Waals surface area contributed by atoms with Crippen molar-refractivity contribution in [1.29, 1.82) is 0 Å². The molecule has 76 valence electrons. The minimum atomic E-state index is -3.34. The topological polar surface area (TPSA) is 43.1 Å². The van der Waals surface area contributed by atoms with E-state index in [0.29, 0.717) is 0 Å². The fourth-order valence-corrected chi connectivity index (χ4v) is 0.885. The van der Waals surface area contributed by atoms with E-state index in [0.717, 1.165) is 0 Å². The number of alkyl halides is 2. The smallest absolute Gasteiger partial charge is 0.258 e. The highest BCUT2D eigenvalue weighted by Gasteiger charge is 2.23. The third-order valence-corrected chi connectivity index (χ3v) is 1.49. The molecule has 0 saturated carbocycles. The fourth-order valence-electron chi connectivity index (χ4n) is 0.885. The van der Waals surface area contributed by atoms with E-state index >= 15 is 0 Å². The molecule has 0 bridgehead atoms. The van der Waals surface area contributed by atoms with Gasteiger partial charge >= 0.3 is 0 Å². The maximum Gasteiger partial charge on any atom is 0.275 e. The van der Waals surface area contributed by atoms with Crippen molar-refractivity contribution >= 4 is 5.69 Å². The number of benzene rings is 1. The Morgan fingerprint density at radius 3 is 1.93 bits per heavy atom. The lowest BCUT2D eigenvalue weighted by atomic mass is 10.2. The van der Waals surface area contributed by atoms with E-state index in [-0.39, 0.29) is 12.1 Å². The van der Waals surface area contributed by atoms with Gasteiger partial charge in [0.2, 0.25) is 0 Å². The van der Waals surface area contributed by atoms with Gasteiger partial charge in [0.25, 0.3) is 12.1 Å². The highest BCUT2D eigenvalue weighted by Crippen LogP contribution is 2.28. The average Bonchev–Trinajstić information content (AvgIpc) is 2.01. The molecule has 0 aliphatic rings. The predicted molar refractivity (Wildman–Crippen MR) is 38.0 cm³/mol. The number of halogens is 4. The van der Waals surface area contributed by atoms with Crippen LogP contribution in [0.4, 0.5) is 23.2 Å². The van der Waals surface area contributed by atoms with Crippen LogP contribution in [-0.4, -0.2) is 4.92 Å². The summed E-state index contributed by atoms with van der Waals surface area (Å²) in [4.78, 5) is 9.00. The maximum absolute atomic E-state index is 12.7. The zero-order chi connectivity index (χ0) is 10.9. The van der Waals surface area contributed by atoms with Crippen molar-refractivity contribution in [2.24, 2.45) is 0 Å². The Balaban J connectivity index is 3.32. The lowest BCUT2D eigenvalue weighted by Crippen LogP contribution is -1.99. The standard InChI is InChI=1S/C7H3F4NO2/c8-4-1-3(12(13)14)2-5(9)6(4)7(10)11/h1-2,7H. The van der Waals surface area contributed by atoms with Gasteiger partial charge in [-0.2, -0.15) is 0 Å². The van der Waals surface area contributed by atoms with Gasteiger partial charge in [0, 0.05) is 0 Å². The molecule has 0 fully saturated rings. The van der Waals surface area contributed by atoms with Gasteiger partial charge in [-0.3, -0.25) is 10.1 Å². The van der Waals surface area contributed by atoms with Crippen molar-refractivity contribution in [3.05, 3.63) is 39.4 Å². The van der Waals surface area contributed by atoms with Gasteiger partial charge in [-0.1, -0.05) is 0 Å². The van der Waals surface area contributed by atoms with Crippen LogP contribution in [0.15, 0.2) is 12.1 Å². The van der Waals surface area contributed by atoms with Gasteiger partial charge in [0.1, 0.15) is 11.6 Å². The number of non-ortho nitro benzene ring substituents is 1. The maximum atomic E-state index is 12.7. The first-order chi connectivity index (χ1) is 6.43. The molecular formula is C7H3F4NO2. The van der Waals surface area contributed by atoms with E-state index in [1.807, 2.05) is 0 Å². The van der Waals surface area contributed by atoms with Gasteiger partial charge in [-0.05, 0) is 0 Å². The second kappa shape index (κ2) is 3.60. The Morgan fingerprint density at radius 1 is 1.21 bits per heavy atom. The molecule has 0 aromatic heterocycles. The molecule has 0 atom stereocenters. The fraction of sp³-hybridized carbons (Fsp3) is 0.143. The molecular weight excluding hydrogens is 206 g/mol. The number of hydrogen-bond donors (Lipinski definition) is 0. The molecule has 0 saturated heterocycles. The summed E-state index contributed by atoms with van der Waals surface area (Å²) in [5.41, 5.74) is -2.35. The molecule has 1 aromatic rings. The molecule has 0 spiro atoms. The number of rotatable bonds is 2. The van der Waals surface area contributed by atoms with Crippen LogP contribution in [0.3, 0.4) is 0 Å². The molecule has 1 rings (SSSR count). The summed E-state index contributed by atoms with van der Waals surface area (Å²) in [6, 6.07) is 0.509. The normalized spacial score (nSPS) is 10.6. The zero-order valence-electron chi connectivity index (χ0n) is 6.51. The van der Waals surface area contributed by atoms with Crippen molar-refractivity contribution in [1.82, 2.24) is 0 Å². The SMILES string of the molecule is O=[N+]([O-])c1cc(F)c(C(F)F)c(F)c1. The molecule has 14 heavy (non-hydrogen) atoms. The molecule has 3 nitrogen and oxygen atoms in total. The molecule has 7 heteroatoms. The van der Waals surface area contributed by atoms with Crippen molar-refractivity contribution in [2.75, 3.05) is 0 Å². The van der Waals surface area contributed by atoms with E-state index < -0.39 is 34.2 Å². The zero-order valence-corrected chi connectivity index (χ0v) is 6.51. The van der Waals surface area contributed by atoms with Crippen LogP contribution in [-0.2, 0) is 0 Å². The summed E-state index contributed by atoms with van der Waals surface area (Å²) >= 11 is 0. The minimum absolute atomic E-state index is 0.255. The van der Waals surface area contributed by atoms with Crippen molar-refractivity contribution < 1.29 is 22.5 Å². The summed E-state index contributed by atoms with van der Waals surface area (Å²) in [7, 11) is 0. The minimum Gasteiger partial charge on any atom is -0.258 e. The molecule has 1 aromatic carbocycles. The Kier molecular flexibility index (Phi) is 2.68. The third-order valence-electron chi connectivity index (χ3n) is 1.49. The van der Waals surface area contributed by atoms with Crippen LogP contribution in [0.25, 0.3) is 0 Å².